The van der Waals surface area contributed by atoms with E-state index in [1.165, 1.54) is 36.8 Å². The van der Waals surface area contributed by atoms with Gasteiger partial charge in [-0.1, -0.05) is 20.3 Å². The van der Waals surface area contributed by atoms with Gasteiger partial charge in [0.2, 0.25) is 0 Å². The molecule has 1 heterocycles. The van der Waals surface area contributed by atoms with Crippen molar-refractivity contribution >= 4 is 22.1 Å². The van der Waals surface area contributed by atoms with Gasteiger partial charge in [0.05, 0.1) is 0 Å². The molecule has 0 bridgehead atoms. The lowest BCUT2D eigenvalue weighted by Crippen LogP contribution is -2.31. The van der Waals surface area contributed by atoms with Crippen molar-refractivity contribution in [2.75, 3.05) is 11.1 Å². The van der Waals surface area contributed by atoms with Gasteiger partial charge in [-0.3, -0.25) is 4.98 Å². The van der Waals surface area contributed by atoms with Crippen molar-refractivity contribution in [2.24, 2.45) is 5.41 Å². The molecule has 3 nitrogen and oxygen atoms in total. The standard InChI is InChI=1S/C18H25N3/c1-12-9-14-15(11-20-12)16(19)6-7-17(14)21-13-5-4-8-18(2,3)10-13/h6-7,9,11,13,21H,4-5,8,10,19H2,1-3H3. The summed E-state index contributed by atoms with van der Waals surface area (Å²) in [5.74, 6) is 0. The second-order valence-corrected chi connectivity index (χ2v) is 7.18. The van der Waals surface area contributed by atoms with Crippen LogP contribution in [0.4, 0.5) is 11.4 Å². The zero-order valence-corrected chi connectivity index (χ0v) is 13.2. The van der Waals surface area contributed by atoms with E-state index in [4.69, 9.17) is 5.73 Å². The van der Waals surface area contributed by atoms with Crippen molar-refractivity contribution in [3.63, 3.8) is 0 Å². The Morgan fingerprint density at radius 1 is 1.29 bits per heavy atom. The van der Waals surface area contributed by atoms with E-state index in [1.54, 1.807) is 0 Å². The summed E-state index contributed by atoms with van der Waals surface area (Å²) in [7, 11) is 0. The number of aryl methyl sites for hydroxylation is 1. The topological polar surface area (TPSA) is 50.9 Å². The van der Waals surface area contributed by atoms with Crippen LogP contribution in [0.15, 0.2) is 24.4 Å². The van der Waals surface area contributed by atoms with E-state index < -0.39 is 0 Å². The van der Waals surface area contributed by atoms with Crippen molar-refractivity contribution < 1.29 is 0 Å². The average Bonchev–Trinajstić information content (AvgIpc) is 2.41. The van der Waals surface area contributed by atoms with Crippen LogP contribution in [0.25, 0.3) is 10.8 Å². The summed E-state index contributed by atoms with van der Waals surface area (Å²) in [5.41, 5.74) is 9.54. The lowest BCUT2D eigenvalue weighted by molar-refractivity contribution is 0.229. The van der Waals surface area contributed by atoms with Crippen LogP contribution < -0.4 is 11.1 Å². The maximum absolute atomic E-state index is 6.08. The number of pyridine rings is 1. The maximum atomic E-state index is 6.08. The molecular formula is C18H25N3. The van der Waals surface area contributed by atoms with E-state index in [0.29, 0.717) is 11.5 Å². The number of nitrogens with zero attached hydrogens (tertiary/aromatic N) is 1. The molecule has 0 aliphatic heterocycles. The highest BCUT2D eigenvalue weighted by Crippen LogP contribution is 2.37. The van der Waals surface area contributed by atoms with Gasteiger partial charge in [0.1, 0.15) is 0 Å². The van der Waals surface area contributed by atoms with Crippen LogP contribution >= 0.6 is 0 Å². The summed E-state index contributed by atoms with van der Waals surface area (Å²) in [6.45, 7) is 6.77. The van der Waals surface area contributed by atoms with E-state index >= 15 is 0 Å². The molecule has 0 spiro atoms. The predicted octanol–water partition coefficient (Wildman–Crippen LogP) is 4.51. The molecule has 1 aromatic heterocycles. The Balaban J connectivity index is 1.94. The molecule has 3 N–H and O–H groups in total. The number of nitrogen functional groups attached to an aromatic ring is 1. The molecule has 112 valence electrons. The Morgan fingerprint density at radius 2 is 2.10 bits per heavy atom. The molecule has 1 aliphatic carbocycles. The number of hydrogen-bond donors (Lipinski definition) is 2. The summed E-state index contributed by atoms with van der Waals surface area (Å²) in [5, 5.41) is 5.98. The number of nitrogens with one attached hydrogen (secondary N) is 1. The minimum atomic E-state index is 0.441. The number of benzene rings is 1. The highest BCUT2D eigenvalue weighted by molar-refractivity contribution is 6.00. The number of fused-ring (bicyclic) bond motifs is 1. The van der Waals surface area contributed by atoms with Gasteiger partial charge < -0.3 is 11.1 Å². The molecule has 1 aliphatic rings. The lowest BCUT2D eigenvalue weighted by atomic mass is 9.75. The van der Waals surface area contributed by atoms with Gasteiger partial charge in [-0.25, -0.2) is 0 Å². The monoisotopic (exact) mass is 283 g/mol. The first kappa shape index (κ1) is 14.2. The normalized spacial score (nSPS) is 21.4. The summed E-state index contributed by atoms with van der Waals surface area (Å²) in [4.78, 5) is 4.37. The first-order valence-electron chi connectivity index (χ1n) is 7.86. The summed E-state index contributed by atoms with van der Waals surface area (Å²) >= 11 is 0. The predicted molar refractivity (Wildman–Crippen MR) is 90.6 cm³/mol. The zero-order chi connectivity index (χ0) is 15.0. The molecule has 1 saturated carbocycles. The Labute approximate surface area is 127 Å². The highest BCUT2D eigenvalue weighted by atomic mass is 14.9. The molecule has 21 heavy (non-hydrogen) atoms. The van der Waals surface area contributed by atoms with Crippen LogP contribution in [0.2, 0.25) is 0 Å². The van der Waals surface area contributed by atoms with Gasteiger partial charge >= 0.3 is 0 Å². The summed E-state index contributed by atoms with van der Waals surface area (Å²) < 4.78 is 0. The quantitative estimate of drug-likeness (QED) is 0.797. The Hall–Kier alpha value is -1.77. The number of nitrogens with two attached hydrogens (primary N) is 1. The van der Waals surface area contributed by atoms with E-state index in [-0.39, 0.29) is 0 Å². The van der Waals surface area contributed by atoms with Gasteiger partial charge in [0, 0.05) is 40.1 Å². The molecule has 1 unspecified atom stereocenters. The van der Waals surface area contributed by atoms with Crippen LogP contribution in [0.3, 0.4) is 0 Å². The fourth-order valence-electron chi connectivity index (χ4n) is 3.53. The molecular weight excluding hydrogens is 258 g/mol. The van der Waals surface area contributed by atoms with E-state index in [0.717, 1.165) is 16.8 Å². The van der Waals surface area contributed by atoms with Crippen LogP contribution in [-0.2, 0) is 0 Å². The molecule has 3 heteroatoms. The number of aromatic nitrogens is 1. The van der Waals surface area contributed by atoms with Crippen LogP contribution in [0.5, 0.6) is 0 Å². The Morgan fingerprint density at radius 3 is 2.86 bits per heavy atom. The zero-order valence-electron chi connectivity index (χ0n) is 13.2. The molecule has 3 rings (SSSR count). The van der Waals surface area contributed by atoms with Gasteiger partial charge in [0.25, 0.3) is 0 Å². The SMILES string of the molecule is Cc1cc2c(NC3CCCC(C)(C)C3)ccc(N)c2cn1. The smallest absolute Gasteiger partial charge is 0.0424 e. The third kappa shape index (κ3) is 2.97. The third-order valence-corrected chi connectivity index (χ3v) is 4.64. The first-order chi connectivity index (χ1) is 9.94. The highest BCUT2D eigenvalue weighted by Gasteiger charge is 2.28. The first-order valence-corrected chi connectivity index (χ1v) is 7.86. The van der Waals surface area contributed by atoms with Gasteiger partial charge in [0.15, 0.2) is 0 Å². The van der Waals surface area contributed by atoms with Crippen molar-refractivity contribution in [3.8, 4) is 0 Å². The molecule has 0 amide bonds. The van der Waals surface area contributed by atoms with Gasteiger partial charge in [-0.05, 0) is 49.8 Å². The molecule has 1 aromatic carbocycles. The summed E-state index contributed by atoms with van der Waals surface area (Å²) in [6, 6.07) is 6.77. The second kappa shape index (κ2) is 5.21. The average molecular weight is 283 g/mol. The number of anilines is 2. The van der Waals surface area contributed by atoms with E-state index in [2.05, 4.69) is 36.3 Å². The molecule has 0 radical (unpaired) electrons. The van der Waals surface area contributed by atoms with Crippen LogP contribution in [0.1, 0.15) is 45.2 Å². The maximum Gasteiger partial charge on any atom is 0.0424 e. The minimum absolute atomic E-state index is 0.441. The van der Waals surface area contributed by atoms with Crippen LogP contribution in [0, 0.1) is 12.3 Å². The Bertz CT molecular complexity index is 661. The van der Waals surface area contributed by atoms with Gasteiger partial charge in [-0.15, -0.1) is 0 Å². The van der Waals surface area contributed by atoms with E-state index in [1.807, 2.05) is 19.2 Å². The van der Waals surface area contributed by atoms with E-state index in [9.17, 15) is 0 Å². The number of rotatable bonds is 2. The molecule has 2 aromatic rings. The largest absolute Gasteiger partial charge is 0.398 e. The lowest BCUT2D eigenvalue weighted by Gasteiger charge is -2.36. The fourth-order valence-corrected chi connectivity index (χ4v) is 3.53. The van der Waals surface area contributed by atoms with Crippen molar-refractivity contribution in [2.45, 2.75) is 52.5 Å². The number of hydrogen-bond acceptors (Lipinski definition) is 3. The summed E-state index contributed by atoms with van der Waals surface area (Å²) in [6.07, 6.45) is 6.99. The second-order valence-electron chi connectivity index (χ2n) is 7.18. The fraction of sp³-hybridized carbons (Fsp3) is 0.500. The third-order valence-electron chi connectivity index (χ3n) is 4.64. The van der Waals surface area contributed by atoms with Gasteiger partial charge in [-0.2, -0.15) is 0 Å². The van der Waals surface area contributed by atoms with Crippen molar-refractivity contribution in [1.82, 2.24) is 4.98 Å². The Kier molecular flexibility index (Phi) is 3.52. The molecule has 1 atom stereocenters. The van der Waals surface area contributed by atoms with Crippen molar-refractivity contribution in [3.05, 3.63) is 30.1 Å². The van der Waals surface area contributed by atoms with Crippen LogP contribution in [-0.4, -0.2) is 11.0 Å². The minimum Gasteiger partial charge on any atom is -0.398 e. The van der Waals surface area contributed by atoms with Crippen molar-refractivity contribution in [1.29, 1.82) is 0 Å². The molecule has 1 fully saturated rings. The molecule has 0 saturated heterocycles.